The first kappa shape index (κ1) is 12.1. The van der Waals surface area contributed by atoms with Gasteiger partial charge in [0, 0.05) is 13.1 Å². The fourth-order valence-electron chi connectivity index (χ4n) is 2.11. The molecule has 3 heteroatoms. The van der Waals surface area contributed by atoms with Gasteiger partial charge in [0.1, 0.15) is 0 Å². The van der Waals surface area contributed by atoms with Crippen molar-refractivity contribution >= 4 is 5.91 Å². The zero-order chi connectivity index (χ0) is 12.5. The van der Waals surface area contributed by atoms with Gasteiger partial charge in [0.25, 0.3) is 0 Å². The number of benzene rings is 1. The van der Waals surface area contributed by atoms with Gasteiger partial charge in [0.2, 0.25) is 5.91 Å². The predicted molar refractivity (Wildman–Crippen MR) is 68.7 cm³/mol. The van der Waals surface area contributed by atoms with E-state index < -0.39 is 0 Å². The van der Waals surface area contributed by atoms with Crippen molar-refractivity contribution in [3.8, 4) is 0 Å². The van der Waals surface area contributed by atoms with Crippen LogP contribution < -0.4 is 5.73 Å². The average molecular weight is 232 g/mol. The van der Waals surface area contributed by atoms with Gasteiger partial charge in [-0.1, -0.05) is 36.8 Å². The summed E-state index contributed by atoms with van der Waals surface area (Å²) in [5.41, 5.74) is 8.21. The van der Waals surface area contributed by atoms with Crippen molar-refractivity contribution in [1.29, 1.82) is 0 Å². The number of amides is 1. The van der Waals surface area contributed by atoms with Gasteiger partial charge in [-0.15, -0.1) is 0 Å². The Morgan fingerprint density at radius 3 is 2.47 bits per heavy atom. The van der Waals surface area contributed by atoms with Gasteiger partial charge in [0.15, 0.2) is 0 Å². The first-order valence-electron chi connectivity index (χ1n) is 6.15. The second-order valence-corrected chi connectivity index (χ2v) is 5.13. The fourth-order valence-corrected chi connectivity index (χ4v) is 2.11. The Morgan fingerprint density at radius 1 is 1.35 bits per heavy atom. The summed E-state index contributed by atoms with van der Waals surface area (Å²) in [4.78, 5) is 13.8. The van der Waals surface area contributed by atoms with Crippen LogP contribution in [0.2, 0.25) is 0 Å². The second kappa shape index (κ2) is 4.49. The monoisotopic (exact) mass is 232 g/mol. The van der Waals surface area contributed by atoms with E-state index in [0.29, 0.717) is 19.5 Å². The van der Waals surface area contributed by atoms with E-state index in [-0.39, 0.29) is 11.4 Å². The maximum atomic E-state index is 12.0. The number of nitrogens with zero attached hydrogens (tertiary/aromatic N) is 1. The molecule has 0 spiro atoms. The van der Waals surface area contributed by atoms with E-state index in [0.717, 1.165) is 12.0 Å². The van der Waals surface area contributed by atoms with Crippen LogP contribution >= 0.6 is 0 Å². The van der Waals surface area contributed by atoms with Gasteiger partial charge < -0.3 is 10.6 Å². The molecular weight excluding hydrogens is 212 g/mol. The summed E-state index contributed by atoms with van der Waals surface area (Å²) in [7, 11) is 0. The van der Waals surface area contributed by atoms with Gasteiger partial charge in [-0.25, -0.2) is 0 Å². The van der Waals surface area contributed by atoms with E-state index in [1.807, 2.05) is 36.1 Å². The highest BCUT2D eigenvalue weighted by Gasteiger charge is 2.39. The molecule has 17 heavy (non-hydrogen) atoms. The molecule has 0 aromatic heterocycles. The summed E-state index contributed by atoms with van der Waals surface area (Å²) in [6, 6.07) is 8.11. The minimum atomic E-state index is -0.136. The molecule has 1 aromatic rings. The van der Waals surface area contributed by atoms with E-state index in [9.17, 15) is 4.79 Å². The van der Waals surface area contributed by atoms with Crippen molar-refractivity contribution in [3.63, 3.8) is 0 Å². The standard InChI is InChI=1S/C14H20N2O/c1-3-14(15)9-16(10-14)13(17)8-12-6-4-11(2)5-7-12/h4-7H,3,8-10,15H2,1-2H3. The average Bonchev–Trinajstić information content (AvgIpc) is 2.28. The molecule has 1 amide bonds. The van der Waals surface area contributed by atoms with Gasteiger partial charge in [-0.3, -0.25) is 4.79 Å². The molecule has 0 radical (unpaired) electrons. The second-order valence-electron chi connectivity index (χ2n) is 5.13. The highest BCUT2D eigenvalue weighted by Crippen LogP contribution is 2.22. The van der Waals surface area contributed by atoms with Crippen molar-refractivity contribution in [2.24, 2.45) is 5.73 Å². The highest BCUT2D eigenvalue weighted by atomic mass is 16.2. The molecule has 3 nitrogen and oxygen atoms in total. The Labute approximate surface area is 103 Å². The molecule has 0 atom stereocenters. The third kappa shape index (κ3) is 2.67. The lowest BCUT2D eigenvalue weighted by Gasteiger charge is -2.47. The van der Waals surface area contributed by atoms with Gasteiger partial charge in [-0.05, 0) is 18.9 Å². The lowest BCUT2D eigenvalue weighted by Crippen LogP contribution is -2.68. The van der Waals surface area contributed by atoms with E-state index in [1.54, 1.807) is 0 Å². The SMILES string of the molecule is CCC1(N)CN(C(=O)Cc2ccc(C)cc2)C1. The zero-order valence-electron chi connectivity index (χ0n) is 10.6. The van der Waals surface area contributed by atoms with Crippen LogP contribution in [0.25, 0.3) is 0 Å². The van der Waals surface area contributed by atoms with E-state index in [1.165, 1.54) is 5.56 Å². The summed E-state index contributed by atoms with van der Waals surface area (Å²) in [5, 5.41) is 0. The van der Waals surface area contributed by atoms with Crippen molar-refractivity contribution in [1.82, 2.24) is 4.90 Å². The van der Waals surface area contributed by atoms with Crippen molar-refractivity contribution < 1.29 is 4.79 Å². The summed E-state index contributed by atoms with van der Waals surface area (Å²) in [6.45, 7) is 5.52. The fraction of sp³-hybridized carbons (Fsp3) is 0.500. The molecule has 1 aliphatic heterocycles. The maximum absolute atomic E-state index is 12.0. The van der Waals surface area contributed by atoms with Crippen LogP contribution in [0.3, 0.4) is 0 Å². The summed E-state index contributed by atoms with van der Waals surface area (Å²) in [5.74, 6) is 0.184. The predicted octanol–water partition coefficient (Wildman–Crippen LogP) is 1.49. The van der Waals surface area contributed by atoms with Crippen LogP contribution in [0.4, 0.5) is 0 Å². The van der Waals surface area contributed by atoms with Gasteiger partial charge in [-0.2, -0.15) is 0 Å². The molecule has 1 aromatic carbocycles. The molecule has 0 unspecified atom stereocenters. The molecule has 1 fully saturated rings. The van der Waals surface area contributed by atoms with Gasteiger partial charge in [0.05, 0.1) is 12.0 Å². The summed E-state index contributed by atoms with van der Waals surface area (Å²) >= 11 is 0. The van der Waals surface area contributed by atoms with E-state index in [4.69, 9.17) is 5.73 Å². The topological polar surface area (TPSA) is 46.3 Å². The largest absolute Gasteiger partial charge is 0.339 e. The van der Waals surface area contributed by atoms with Crippen molar-refractivity contribution in [3.05, 3.63) is 35.4 Å². The number of carbonyl (C=O) groups is 1. The molecule has 0 bridgehead atoms. The first-order chi connectivity index (χ1) is 8.02. The smallest absolute Gasteiger partial charge is 0.227 e. The molecule has 0 saturated carbocycles. The zero-order valence-corrected chi connectivity index (χ0v) is 10.6. The molecule has 1 heterocycles. The van der Waals surface area contributed by atoms with Crippen LogP contribution in [-0.2, 0) is 11.2 Å². The number of carbonyl (C=O) groups excluding carboxylic acids is 1. The third-order valence-electron chi connectivity index (χ3n) is 3.54. The number of likely N-dealkylation sites (tertiary alicyclic amines) is 1. The molecule has 1 aliphatic rings. The highest BCUT2D eigenvalue weighted by molar-refractivity contribution is 5.80. The first-order valence-corrected chi connectivity index (χ1v) is 6.15. The van der Waals surface area contributed by atoms with Crippen molar-refractivity contribution in [2.75, 3.05) is 13.1 Å². The Balaban J connectivity index is 1.89. The van der Waals surface area contributed by atoms with Crippen LogP contribution in [0.15, 0.2) is 24.3 Å². The lowest BCUT2D eigenvalue weighted by atomic mass is 9.88. The number of hydrogen-bond donors (Lipinski definition) is 1. The Morgan fingerprint density at radius 2 is 1.94 bits per heavy atom. The quantitative estimate of drug-likeness (QED) is 0.858. The molecule has 1 saturated heterocycles. The minimum absolute atomic E-state index is 0.136. The number of hydrogen-bond acceptors (Lipinski definition) is 2. The number of nitrogens with two attached hydrogens (primary N) is 1. The maximum Gasteiger partial charge on any atom is 0.227 e. The Bertz CT molecular complexity index is 405. The Hall–Kier alpha value is -1.35. The molecular formula is C14H20N2O. The molecule has 2 rings (SSSR count). The van der Waals surface area contributed by atoms with Crippen molar-refractivity contribution in [2.45, 2.75) is 32.2 Å². The molecule has 92 valence electrons. The normalized spacial score (nSPS) is 17.7. The minimum Gasteiger partial charge on any atom is -0.339 e. The number of rotatable bonds is 3. The van der Waals surface area contributed by atoms with Crippen LogP contribution in [0, 0.1) is 6.92 Å². The third-order valence-corrected chi connectivity index (χ3v) is 3.54. The lowest BCUT2D eigenvalue weighted by molar-refractivity contribution is -0.137. The van der Waals surface area contributed by atoms with Crippen LogP contribution in [0.1, 0.15) is 24.5 Å². The molecule has 0 aliphatic carbocycles. The van der Waals surface area contributed by atoms with Crippen LogP contribution in [-0.4, -0.2) is 29.4 Å². The summed E-state index contributed by atoms with van der Waals surface area (Å²) in [6.07, 6.45) is 1.42. The number of aryl methyl sites for hydroxylation is 1. The summed E-state index contributed by atoms with van der Waals surface area (Å²) < 4.78 is 0. The van der Waals surface area contributed by atoms with Crippen LogP contribution in [0.5, 0.6) is 0 Å². The Kier molecular flexibility index (Phi) is 3.20. The molecule has 2 N–H and O–H groups in total. The van der Waals surface area contributed by atoms with E-state index in [2.05, 4.69) is 6.92 Å². The van der Waals surface area contributed by atoms with E-state index >= 15 is 0 Å². The van der Waals surface area contributed by atoms with Gasteiger partial charge >= 0.3 is 0 Å².